The van der Waals surface area contributed by atoms with Gasteiger partial charge in [0.15, 0.2) is 0 Å². The van der Waals surface area contributed by atoms with E-state index >= 15 is 0 Å². The highest BCUT2D eigenvalue weighted by molar-refractivity contribution is 7.92. The van der Waals surface area contributed by atoms with Crippen LogP contribution in [0.2, 0.25) is 10.0 Å². The summed E-state index contributed by atoms with van der Waals surface area (Å²) < 4.78 is 28.9. The number of carbonyl (C=O) groups is 2. The molecule has 1 aliphatic rings. The maximum absolute atomic E-state index is 14.2. The van der Waals surface area contributed by atoms with E-state index in [2.05, 4.69) is 5.32 Å². The average Bonchev–Trinajstić information content (AvgIpc) is 3.46. The van der Waals surface area contributed by atoms with Crippen LogP contribution in [0.15, 0.2) is 77.7 Å². The fourth-order valence-corrected chi connectivity index (χ4v) is 6.81. The molecule has 0 aromatic heterocycles. The molecule has 2 amide bonds. The minimum Gasteiger partial charge on any atom is -0.352 e. The maximum atomic E-state index is 14.2. The number of aryl methyl sites for hydroxylation is 1. The van der Waals surface area contributed by atoms with Crippen molar-refractivity contribution in [2.75, 3.05) is 10.8 Å². The normalized spacial score (nSPS) is 14.4. The molecule has 218 valence electrons. The van der Waals surface area contributed by atoms with E-state index in [1.807, 2.05) is 19.9 Å². The molecule has 0 aliphatic heterocycles. The molecule has 1 atom stereocenters. The summed E-state index contributed by atoms with van der Waals surface area (Å²) in [5.41, 5.74) is 1.85. The third kappa shape index (κ3) is 7.61. The number of rotatable bonds is 11. The molecule has 0 heterocycles. The first-order chi connectivity index (χ1) is 19.6. The van der Waals surface area contributed by atoms with Crippen molar-refractivity contribution in [1.82, 2.24) is 10.2 Å². The molecule has 41 heavy (non-hydrogen) atoms. The SMILES string of the molecule is CC[C@@H](C(=O)NC1CCCC1)N(Cc1ccccc1Cl)C(=O)CN(c1ccc(Cl)cc1)S(=O)(=O)c1ccc(C)cc1. The van der Waals surface area contributed by atoms with Crippen LogP contribution in [0.25, 0.3) is 0 Å². The van der Waals surface area contributed by atoms with Crippen LogP contribution in [-0.4, -0.2) is 43.8 Å². The van der Waals surface area contributed by atoms with Gasteiger partial charge in [-0.05, 0) is 74.2 Å². The molecule has 0 bridgehead atoms. The monoisotopic (exact) mass is 615 g/mol. The van der Waals surface area contributed by atoms with Gasteiger partial charge in [-0.1, -0.05) is 78.9 Å². The van der Waals surface area contributed by atoms with Gasteiger partial charge in [0.25, 0.3) is 10.0 Å². The minimum absolute atomic E-state index is 0.0497. The van der Waals surface area contributed by atoms with Gasteiger partial charge in [0, 0.05) is 22.6 Å². The second kappa shape index (κ2) is 13.7. The van der Waals surface area contributed by atoms with Crippen LogP contribution in [0, 0.1) is 6.92 Å². The molecular formula is C31H35Cl2N3O4S. The van der Waals surface area contributed by atoms with Gasteiger partial charge in [0.1, 0.15) is 12.6 Å². The third-order valence-corrected chi connectivity index (χ3v) is 9.80. The van der Waals surface area contributed by atoms with Crippen molar-refractivity contribution < 1.29 is 18.0 Å². The Morgan fingerprint density at radius 1 is 0.951 bits per heavy atom. The lowest BCUT2D eigenvalue weighted by Crippen LogP contribution is -2.53. The van der Waals surface area contributed by atoms with Crippen LogP contribution < -0.4 is 9.62 Å². The summed E-state index contributed by atoms with van der Waals surface area (Å²) in [6.07, 6.45) is 4.26. The number of benzene rings is 3. The Hall–Kier alpha value is -3.07. The number of sulfonamides is 1. The summed E-state index contributed by atoms with van der Waals surface area (Å²) in [5, 5.41) is 4.00. The molecule has 10 heteroatoms. The molecule has 3 aromatic carbocycles. The summed E-state index contributed by atoms with van der Waals surface area (Å²) in [6, 6.07) is 19.1. The van der Waals surface area contributed by atoms with Gasteiger partial charge in [-0.15, -0.1) is 0 Å². The van der Waals surface area contributed by atoms with E-state index in [-0.39, 0.29) is 29.1 Å². The highest BCUT2D eigenvalue weighted by atomic mass is 35.5. The number of anilines is 1. The molecule has 3 aromatic rings. The summed E-state index contributed by atoms with van der Waals surface area (Å²) in [7, 11) is -4.15. The van der Waals surface area contributed by atoms with Gasteiger partial charge in [-0.3, -0.25) is 13.9 Å². The number of carbonyl (C=O) groups excluding carboxylic acids is 2. The number of amides is 2. The number of nitrogens with one attached hydrogen (secondary N) is 1. The van der Waals surface area contributed by atoms with Crippen LogP contribution >= 0.6 is 23.2 Å². The van der Waals surface area contributed by atoms with E-state index in [9.17, 15) is 18.0 Å². The molecule has 1 N–H and O–H groups in total. The number of hydrogen-bond donors (Lipinski definition) is 1. The molecular weight excluding hydrogens is 581 g/mol. The molecule has 7 nitrogen and oxygen atoms in total. The summed E-state index contributed by atoms with van der Waals surface area (Å²) in [4.78, 5) is 29.2. The van der Waals surface area contributed by atoms with Gasteiger partial charge in [0.05, 0.1) is 10.6 Å². The summed E-state index contributed by atoms with van der Waals surface area (Å²) in [6.45, 7) is 3.24. The standard InChI is InChI=1S/C31H35Cl2N3O4S/c1-3-29(31(38)34-25-9-5-6-10-25)35(20-23-8-4-7-11-28(23)33)30(37)21-36(26-16-14-24(32)15-17-26)41(39,40)27-18-12-22(2)13-19-27/h4,7-8,11-19,25,29H,3,5-6,9-10,20-21H2,1-2H3,(H,34,38)/t29-/m0/s1. The Labute approximate surface area is 252 Å². The maximum Gasteiger partial charge on any atom is 0.264 e. The van der Waals surface area contributed by atoms with E-state index in [1.165, 1.54) is 17.0 Å². The van der Waals surface area contributed by atoms with Crippen LogP contribution in [0.3, 0.4) is 0 Å². The van der Waals surface area contributed by atoms with Gasteiger partial charge < -0.3 is 10.2 Å². The third-order valence-electron chi connectivity index (χ3n) is 7.39. The Kier molecular flexibility index (Phi) is 10.3. The molecule has 0 unspecified atom stereocenters. The molecule has 0 radical (unpaired) electrons. The fraction of sp³-hybridized carbons (Fsp3) is 0.355. The first-order valence-corrected chi connectivity index (χ1v) is 16.0. The number of nitrogens with zero attached hydrogens (tertiary/aromatic N) is 2. The molecule has 1 fully saturated rings. The smallest absolute Gasteiger partial charge is 0.264 e. The highest BCUT2D eigenvalue weighted by Gasteiger charge is 2.34. The predicted molar refractivity (Wildman–Crippen MR) is 164 cm³/mol. The largest absolute Gasteiger partial charge is 0.352 e. The zero-order chi connectivity index (χ0) is 29.6. The van der Waals surface area contributed by atoms with Crippen molar-refractivity contribution in [2.45, 2.75) is 69.5 Å². The van der Waals surface area contributed by atoms with Crippen molar-refractivity contribution >= 4 is 50.7 Å². The van der Waals surface area contributed by atoms with Crippen molar-refractivity contribution in [3.8, 4) is 0 Å². The molecule has 0 saturated heterocycles. The first kappa shape index (κ1) is 30.9. The van der Waals surface area contributed by atoms with Gasteiger partial charge in [-0.25, -0.2) is 8.42 Å². The highest BCUT2D eigenvalue weighted by Crippen LogP contribution is 2.27. The Morgan fingerprint density at radius 2 is 1.59 bits per heavy atom. The topological polar surface area (TPSA) is 86.8 Å². The first-order valence-electron chi connectivity index (χ1n) is 13.8. The zero-order valence-electron chi connectivity index (χ0n) is 23.2. The van der Waals surface area contributed by atoms with E-state index in [0.29, 0.717) is 22.0 Å². The van der Waals surface area contributed by atoms with Crippen molar-refractivity contribution in [3.05, 3.63) is 94.0 Å². The van der Waals surface area contributed by atoms with E-state index < -0.39 is 28.5 Å². The Bertz CT molecular complexity index is 1460. The van der Waals surface area contributed by atoms with Crippen molar-refractivity contribution in [2.24, 2.45) is 0 Å². The Morgan fingerprint density at radius 3 is 2.20 bits per heavy atom. The lowest BCUT2D eigenvalue weighted by Gasteiger charge is -2.34. The summed E-state index contributed by atoms with van der Waals surface area (Å²) in [5.74, 6) is -0.775. The quantitative estimate of drug-likeness (QED) is 0.272. The molecule has 4 rings (SSSR count). The molecule has 1 aliphatic carbocycles. The van der Waals surface area contributed by atoms with Crippen molar-refractivity contribution in [1.29, 1.82) is 0 Å². The number of hydrogen-bond acceptors (Lipinski definition) is 4. The second-order valence-electron chi connectivity index (χ2n) is 10.3. The molecule has 1 saturated carbocycles. The molecule has 0 spiro atoms. The van der Waals surface area contributed by atoms with E-state index in [4.69, 9.17) is 23.2 Å². The minimum atomic E-state index is -4.15. The summed E-state index contributed by atoms with van der Waals surface area (Å²) >= 11 is 12.6. The fourth-order valence-electron chi connectivity index (χ4n) is 5.07. The second-order valence-corrected chi connectivity index (χ2v) is 13.0. The van der Waals surface area contributed by atoms with Crippen LogP contribution in [0.5, 0.6) is 0 Å². The lowest BCUT2D eigenvalue weighted by atomic mass is 10.1. The van der Waals surface area contributed by atoms with E-state index in [0.717, 1.165) is 35.6 Å². The van der Waals surface area contributed by atoms with Crippen LogP contribution in [-0.2, 0) is 26.2 Å². The zero-order valence-corrected chi connectivity index (χ0v) is 25.6. The van der Waals surface area contributed by atoms with Crippen LogP contribution in [0.4, 0.5) is 5.69 Å². The van der Waals surface area contributed by atoms with Crippen molar-refractivity contribution in [3.63, 3.8) is 0 Å². The van der Waals surface area contributed by atoms with Crippen LogP contribution in [0.1, 0.15) is 50.2 Å². The lowest BCUT2D eigenvalue weighted by molar-refractivity contribution is -0.140. The predicted octanol–water partition coefficient (Wildman–Crippen LogP) is 6.36. The average molecular weight is 617 g/mol. The van der Waals surface area contributed by atoms with Gasteiger partial charge in [-0.2, -0.15) is 0 Å². The Balaban J connectivity index is 1.72. The van der Waals surface area contributed by atoms with Gasteiger partial charge in [0.2, 0.25) is 11.8 Å². The number of halogens is 2. The van der Waals surface area contributed by atoms with E-state index in [1.54, 1.807) is 54.6 Å². The van der Waals surface area contributed by atoms with Gasteiger partial charge >= 0.3 is 0 Å².